The molecule has 0 aliphatic carbocycles. The molecule has 4 nitrogen and oxygen atoms in total. The topological polar surface area (TPSA) is 53.1 Å². The molecule has 0 amide bonds. The van der Waals surface area contributed by atoms with Crippen molar-refractivity contribution >= 4 is 28.6 Å². The number of nitrogens with two attached hydrogens (primary N) is 1. The van der Waals surface area contributed by atoms with Crippen molar-refractivity contribution in [2.24, 2.45) is 5.92 Å². The van der Waals surface area contributed by atoms with E-state index in [1.54, 1.807) is 6.07 Å². The molecule has 1 saturated heterocycles. The molecule has 1 aromatic heterocycles. The summed E-state index contributed by atoms with van der Waals surface area (Å²) >= 11 is 5.83. The number of nitrogens with zero attached hydrogens (tertiary/aromatic N) is 2. The van der Waals surface area contributed by atoms with Crippen molar-refractivity contribution in [3.8, 4) is 0 Å². The van der Waals surface area contributed by atoms with E-state index in [0.717, 1.165) is 18.5 Å². The van der Waals surface area contributed by atoms with E-state index in [1.165, 1.54) is 6.07 Å². The van der Waals surface area contributed by atoms with Gasteiger partial charge < -0.3 is 15.0 Å². The van der Waals surface area contributed by atoms with E-state index >= 15 is 0 Å². The van der Waals surface area contributed by atoms with E-state index in [4.69, 9.17) is 22.1 Å². The summed E-state index contributed by atoms with van der Waals surface area (Å²) in [5.74, 6) is 0.302. The molecule has 3 rings (SSSR count). The van der Waals surface area contributed by atoms with Crippen LogP contribution in [0.5, 0.6) is 0 Å². The molecule has 0 bridgehead atoms. The van der Waals surface area contributed by atoms with E-state index in [9.17, 15) is 4.39 Å². The van der Waals surface area contributed by atoms with Gasteiger partial charge in [-0.25, -0.2) is 9.37 Å². The van der Waals surface area contributed by atoms with Crippen molar-refractivity contribution in [1.29, 1.82) is 0 Å². The molecule has 2 unspecified atom stereocenters. The predicted octanol–water partition coefficient (Wildman–Crippen LogP) is 2.84. The number of aromatic nitrogens is 2. The maximum atomic E-state index is 13.4. The Bertz CT molecular complexity index is 628. The normalized spacial score (nSPS) is 23.3. The van der Waals surface area contributed by atoms with Crippen LogP contribution in [0.2, 0.25) is 5.02 Å². The van der Waals surface area contributed by atoms with Crippen LogP contribution >= 0.6 is 11.6 Å². The van der Waals surface area contributed by atoms with Crippen LogP contribution in [0.1, 0.15) is 13.3 Å². The van der Waals surface area contributed by atoms with Gasteiger partial charge in [0.05, 0.1) is 22.2 Å². The molecular weight excluding hydrogens is 269 g/mol. The largest absolute Gasteiger partial charge is 0.378 e. The smallest absolute Gasteiger partial charge is 0.201 e. The number of anilines is 1. The highest BCUT2D eigenvalue weighted by molar-refractivity contribution is 6.31. The fraction of sp³-hybridized carbons (Fsp3) is 0.462. The summed E-state index contributed by atoms with van der Waals surface area (Å²) in [6.07, 6.45) is 1.20. The number of benzene rings is 1. The van der Waals surface area contributed by atoms with Gasteiger partial charge in [0.1, 0.15) is 5.82 Å². The first-order valence-electron chi connectivity index (χ1n) is 6.28. The minimum Gasteiger partial charge on any atom is -0.378 e. The highest BCUT2D eigenvalue weighted by Crippen LogP contribution is 2.28. The van der Waals surface area contributed by atoms with Gasteiger partial charge in [0.15, 0.2) is 0 Å². The third kappa shape index (κ3) is 2.17. The maximum absolute atomic E-state index is 13.4. The Kier molecular flexibility index (Phi) is 3.11. The maximum Gasteiger partial charge on any atom is 0.201 e. The lowest BCUT2D eigenvalue weighted by Gasteiger charge is -2.16. The first-order valence-corrected chi connectivity index (χ1v) is 6.66. The number of fused-ring (bicyclic) bond motifs is 1. The van der Waals surface area contributed by atoms with Crippen molar-refractivity contribution in [3.05, 3.63) is 23.0 Å². The lowest BCUT2D eigenvalue weighted by Crippen LogP contribution is -2.19. The highest BCUT2D eigenvalue weighted by atomic mass is 35.5. The Morgan fingerprint density at radius 2 is 2.37 bits per heavy atom. The zero-order chi connectivity index (χ0) is 13.6. The second-order valence-electron chi connectivity index (χ2n) is 4.96. The Balaban J connectivity index is 2.02. The number of hydrogen-bond acceptors (Lipinski definition) is 3. The van der Waals surface area contributed by atoms with Crippen LogP contribution in [-0.2, 0) is 11.3 Å². The molecule has 0 spiro atoms. The first kappa shape index (κ1) is 12.7. The molecule has 2 heterocycles. The average molecular weight is 284 g/mol. The summed E-state index contributed by atoms with van der Waals surface area (Å²) in [6, 6.07) is 2.90. The first-order chi connectivity index (χ1) is 9.06. The molecule has 1 aromatic carbocycles. The van der Waals surface area contributed by atoms with Crippen LogP contribution in [0.4, 0.5) is 10.3 Å². The van der Waals surface area contributed by atoms with Crippen molar-refractivity contribution < 1.29 is 9.13 Å². The third-order valence-electron chi connectivity index (χ3n) is 3.77. The van der Waals surface area contributed by atoms with Crippen LogP contribution in [0, 0.1) is 11.7 Å². The number of nitrogen functional groups attached to an aromatic ring is 1. The van der Waals surface area contributed by atoms with Gasteiger partial charge in [0.25, 0.3) is 0 Å². The van der Waals surface area contributed by atoms with Gasteiger partial charge in [-0.1, -0.05) is 11.6 Å². The minimum absolute atomic E-state index is 0.0874. The zero-order valence-corrected chi connectivity index (χ0v) is 11.3. The molecule has 2 atom stereocenters. The second-order valence-corrected chi connectivity index (χ2v) is 5.37. The molecule has 19 heavy (non-hydrogen) atoms. The fourth-order valence-electron chi connectivity index (χ4n) is 2.58. The van der Waals surface area contributed by atoms with Crippen LogP contribution < -0.4 is 5.73 Å². The second kappa shape index (κ2) is 4.65. The molecule has 102 valence electrons. The average Bonchev–Trinajstić information content (AvgIpc) is 2.88. The van der Waals surface area contributed by atoms with Gasteiger partial charge in [-0.2, -0.15) is 0 Å². The van der Waals surface area contributed by atoms with Gasteiger partial charge in [-0.3, -0.25) is 0 Å². The third-order valence-corrected chi connectivity index (χ3v) is 4.06. The van der Waals surface area contributed by atoms with Gasteiger partial charge in [0.2, 0.25) is 5.95 Å². The van der Waals surface area contributed by atoms with Crippen LogP contribution in [0.15, 0.2) is 12.1 Å². The standard InChI is InChI=1S/C13H15ClFN3O/c1-7-8(2-3-19-7)6-18-12-4-9(14)10(15)5-11(12)17-13(18)16/h4-5,7-8H,2-3,6H2,1H3,(H2,16,17). The van der Waals surface area contributed by atoms with Crippen LogP contribution in [0.3, 0.4) is 0 Å². The van der Waals surface area contributed by atoms with Crippen molar-refractivity contribution in [2.45, 2.75) is 26.0 Å². The molecule has 1 aliphatic heterocycles. The monoisotopic (exact) mass is 283 g/mol. The molecule has 2 N–H and O–H groups in total. The van der Waals surface area contributed by atoms with Gasteiger partial charge in [-0.05, 0) is 19.4 Å². The molecular formula is C13H15ClFN3O. The highest BCUT2D eigenvalue weighted by Gasteiger charge is 2.26. The quantitative estimate of drug-likeness (QED) is 0.922. The van der Waals surface area contributed by atoms with E-state index < -0.39 is 5.82 Å². The summed E-state index contributed by atoms with van der Waals surface area (Å²) in [5, 5.41) is 0.0874. The zero-order valence-electron chi connectivity index (χ0n) is 10.6. The Morgan fingerprint density at radius 3 is 3.05 bits per heavy atom. The molecule has 1 fully saturated rings. The number of halogens is 2. The number of rotatable bonds is 2. The molecule has 0 radical (unpaired) electrons. The number of hydrogen-bond donors (Lipinski definition) is 1. The summed E-state index contributed by atoms with van der Waals surface area (Å²) in [6.45, 7) is 3.54. The Morgan fingerprint density at radius 1 is 1.58 bits per heavy atom. The van der Waals surface area contributed by atoms with Crippen molar-refractivity contribution in [1.82, 2.24) is 9.55 Å². The van der Waals surface area contributed by atoms with E-state index in [1.807, 2.05) is 4.57 Å². The van der Waals surface area contributed by atoms with Crippen LogP contribution in [-0.4, -0.2) is 22.3 Å². The van der Waals surface area contributed by atoms with Gasteiger partial charge >= 0.3 is 0 Å². The number of imidazole rings is 1. The lowest BCUT2D eigenvalue weighted by atomic mass is 10.0. The summed E-state index contributed by atoms with van der Waals surface area (Å²) in [7, 11) is 0. The minimum atomic E-state index is -0.476. The van der Waals surface area contributed by atoms with Gasteiger partial charge in [-0.15, -0.1) is 0 Å². The summed E-state index contributed by atoms with van der Waals surface area (Å²) in [5.41, 5.74) is 7.22. The van der Waals surface area contributed by atoms with Gasteiger partial charge in [0, 0.05) is 25.1 Å². The SMILES string of the molecule is CC1OCCC1Cn1c(N)nc2cc(F)c(Cl)cc21. The predicted molar refractivity (Wildman–Crippen MR) is 72.6 cm³/mol. The van der Waals surface area contributed by atoms with Crippen molar-refractivity contribution in [2.75, 3.05) is 12.3 Å². The van der Waals surface area contributed by atoms with E-state index in [2.05, 4.69) is 11.9 Å². The van der Waals surface area contributed by atoms with Crippen molar-refractivity contribution in [3.63, 3.8) is 0 Å². The lowest BCUT2D eigenvalue weighted by molar-refractivity contribution is 0.102. The van der Waals surface area contributed by atoms with Crippen LogP contribution in [0.25, 0.3) is 11.0 Å². The molecule has 2 aromatic rings. The Labute approximate surface area is 115 Å². The Hall–Kier alpha value is -1.33. The molecule has 0 saturated carbocycles. The van der Waals surface area contributed by atoms with E-state index in [0.29, 0.717) is 23.9 Å². The molecule has 6 heteroatoms. The van der Waals surface area contributed by atoms with E-state index in [-0.39, 0.29) is 11.1 Å². The fourth-order valence-corrected chi connectivity index (χ4v) is 2.74. The summed E-state index contributed by atoms with van der Waals surface area (Å²) in [4.78, 5) is 4.18. The summed E-state index contributed by atoms with van der Waals surface area (Å²) < 4.78 is 20.8. The molecule has 1 aliphatic rings. The number of ether oxygens (including phenoxy) is 1.